The molecule has 0 bridgehead atoms. The van der Waals surface area contributed by atoms with Crippen LogP contribution in [0.3, 0.4) is 0 Å². The zero-order valence-corrected chi connectivity index (χ0v) is 15.7. The largest absolute Gasteiger partial charge is 0.348 e. The van der Waals surface area contributed by atoms with Crippen molar-refractivity contribution in [2.24, 2.45) is 0 Å². The van der Waals surface area contributed by atoms with Crippen molar-refractivity contribution in [3.05, 3.63) is 89.6 Å². The topological polar surface area (TPSA) is 70.7 Å². The first-order valence-electron chi connectivity index (χ1n) is 8.54. The van der Waals surface area contributed by atoms with E-state index in [-0.39, 0.29) is 12.1 Å². The minimum absolute atomic E-state index is 0.00956. The highest BCUT2D eigenvalue weighted by atomic mass is 35.5. The van der Waals surface area contributed by atoms with E-state index in [1.165, 1.54) is 6.08 Å². The number of amides is 1. The molecule has 0 atom stereocenters. The number of carbonyl (C=O) groups is 1. The van der Waals surface area contributed by atoms with Crippen molar-refractivity contribution >= 4 is 23.6 Å². The molecule has 0 spiro atoms. The molecule has 6 heteroatoms. The van der Waals surface area contributed by atoms with Crippen LogP contribution in [-0.4, -0.2) is 22.2 Å². The summed E-state index contributed by atoms with van der Waals surface area (Å²) in [7, 11) is 0. The van der Waals surface area contributed by atoms with Gasteiger partial charge in [0.2, 0.25) is 0 Å². The molecule has 2 aromatic carbocycles. The molecule has 0 aliphatic heterocycles. The fraction of sp³-hybridized carbons (Fsp3) is 0.0455. The molecule has 28 heavy (non-hydrogen) atoms. The molecular formula is C22H17ClN4O. The van der Waals surface area contributed by atoms with E-state index >= 15 is 0 Å². The lowest BCUT2D eigenvalue weighted by molar-refractivity contribution is -0.116. The van der Waals surface area contributed by atoms with Crippen molar-refractivity contribution < 1.29 is 4.79 Å². The van der Waals surface area contributed by atoms with Crippen LogP contribution in [0.1, 0.15) is 5.56 Å². The van der Waals surface area contributed by atoms with E-state index in [0.717, 1.165) is 11.3 Å². The van der Waals surface area contributed by atoms with Crippen LogP contribution < -0.4 is 5.32 Å². The molecule has 1 aromatic heterocycles. The smallest absolute Gasteiger partial charge is 0.262 e. The zero-order chi connectivity index (χ0) is 19.9. The zero-order valence-electron chi connectivity index (χ0n) is 15.0. The van der Waals surface area contributed by atoms with E-state index < -0.39 is 5.91 Å². The molecule has 3 rings (SSSR count). The van der Waals surface area contributed by atoms with Crippen LogP contribution >= 0.6 is 11.6 Å². The molecule has 0 aliphatic carbocycles. The Hall–Kier alpha value is -3.62. The van der Waals surface area contributed by atoms with Gasteiger partial charge in [-0.3, -0.25) is 4.79 Å². The second-order valence-electron chi connectivity index (χ2n) is 5.89. The van der Waals surface area contributed by atoms with E-state index in [4.69, 9.17) is 11.6 Å². The molecule has 0 unspecified atom stereocenters. The fourth-order valence-electron chi connectivity index (χ4n) is 2.60. The molecular weight excluding hydrogens is 372 g/mol. The van der Waals surface area contributed by atoms with Crippen molar-refractivity contribution in [2.75, 3.05) is 6.54 Å². The van der Waals surface area contributed by atoms with Crippen LogP contribution in [0.5, 0.6) is 0 Å². The first-order valence-corrected chi connectivity index (χ1v) is 8.92. The van der Waals surface area contributed by atoms with Crippen molar-refractivity contribution in [3.63, 3.8) is 0 Å². The molecule has 0 saturated carbocycles. The molecule has 1 N–H and O–H groups in total. The van der Waals surface area contributed by atoms with Crippen LogP contribution in [-0.2, 0) is 4.79 Å². The number of halogens is 1. The third kappa shape index (κ3) is 4.37. The second kappa shape index (κ2) is 8.85. The summed E-state index contributed by atoms with van der Waals surface area (Å²) in [5, 5.41) is 17.3. The number of nitriles is 1. The molecule has 3 aromatic rings. The van der Waals surface area contributed by atoms with Gasteiger partial charge in [-0.2, -0.15) is 10.4 Å². The second-order valence-corrected chi connectivity index (χ2v) is 6.33. The number of hydrogen-bond acceptors (Lipinski definition) is 3. The quantitative estimate of drug-likeness (QED) is 0.386. The summed E-state index contributed by atoms with van der Waals surface area (Å²) in [6.45, 7) is 3.84. The van der Waals surface area contributed by atoms with Gasteiger partial charge in [0.25, 0.3) is 5.91 Å². The van der Waals surface area contributed by atoms with Gasteiger partial charge in [0.05, 0.1) is 11.4 Å². The predicted molar refractivity (Wildman–Crippen MR) is 111 cm³/mol. The first-order chi connectivity index (χ1) is 13.6. The van der Waals surface area contributed by atoms with Crippen molar-refractivity contribution in [1.29, 1.82) is 5.26 Å². The average molecular weight is 389 g/mol. The highest BCUT2D eigenvalue weighted by Gasteiger charge is 2.14. The number of nitrogens with zero attached hydrogens (tertiary/aromatic N) is 3. The maximum atomic E-state index is 12.2. The fourth-order valence-corrected chi connectivity index (χ4v) is 2.73. The highest BCUT2D eigenvalue weighted by molar-refractivity contribution is 6.30. The van der Waals surface area contributed by atoms with E-state index in [9.17, 15) is 10.1 Å². The van der Waals surface area contributed by atoms with Gasteiger partial charge in [-0.1, -0.05) is 48.0 Å². The van der Waals surface area contributed by atoms with Crippen LogP contribution in [0, 0.1) is 11.3 Å². The molecule has 1 heterocycles. The summed E-state index contributed by atoms with van der Waals surface area (Å²) in [5.41, 5.74) is 2.98. The molecule has 0 fully saturated rings. The number of carbonyl (C=O) groups excluding carboxylic acids is 1. The van der Waals surface area contributed by atoms with Gasteiger partial charge in [0.1, 0.15) is 11.6 Å². The van der Waals surface area contributed by atoms with E-state index in [1.807, 2.05) is 48.5 Å². The summed E-state index contributed by atoms with van der Waals surface area (Å²) >= 11 is 6.00. The number of rotatable bonds is 6. The third-order valence-electron chi connectivity index (χ3n) is 3.95. The van der Waals surface area contributed by atoms with Crippen LogP contribution in [0.4, 0.5) is 0 Å². The molecule has 0 aliphatic rings. The van der Waals surface area contributed by atoms with Crippen LogP contribution in [0.2, 0.25) is 5.02 Å². The Morgan fingerprint density at radius 2 is 1.93 bits per heavy atom. The van der Waals surface area contributed by atoms with Crippen LogP contribution in [0.25, 0.3) is 23.0 Å². The molecule has 5 nitrogen and oxygen atoms in total. The van der Waals surface area contributed by atoms with Crippen LogP contribution in [0.15, 0.2) is 79.0 Å². The van der Waals surface area contributed by atoms with E-state index in [1.54, 1.807) is 29.1 Å². The van der Waals surface area contributed by atoms with Gasteiger partial charge in [-0.15, -0.1) is 6.58 Å². The number of aromatic nitrogens is 2. The summed E-state index contributed by atoms with van der Waals surface area (Å²) in [6, 6.07) is 18.8. The monoisotopic (exact) mass is 388 g/mol. The van der Waals surface area contributed by atoms with Gasteiger partial charge >= 0.3 is 0 Å². The van der Waals surface area contributed by atoms with E-state index in [2.05, 4.69) is 17.0 Å². The molecule has 138 valence electrons. The molecule has 0 radical (unpaired) electrons. The standard InChI is InChI=1S/C22H17ClN4O/c1-2-12-25-22(28)17(14-24)13-18-15-27(20-6-4-3-5-7-20)26-21(18)16-8-10-19(23)11-9-16/h2-11,13,15H,1,12H2,(H,25,28)/b17-13-. The number of nitrogens with one attached hydrogen (secondary N) is 1. The summed E-state index contributed by atoms with van der Waals surface area (Å²) in [6.07, 6.45) is 4.88. The first kappa shape index (κ1) is 19.2. The number of para-hydroxylation sites is 1. The molecule has 0 saturated heterocycles. The lowest BCUT2D eigenvalue weighted by atomic mass is 10.1. The average Bonchev–Trinajstić information content (AvgIpc) is 3.15. The van der Waals surface area contributed by atoms with Gasteiger partial charge in [0, 0.05) is 28.9 Å². The van der Waals surface area contributed by atoms with Gasteiger partial charge in [-0.05, 0) is 30.3 Å². The molecule has 1 amide bonds. The Labute approximate surface area is 168 Å². The van der Waals surface area contributed by atoms with E-state index in [0.29, 0.717) is 16.3 Å². The Morgan fingerprint density at radius 1 is 1.21 bits per heavy atom. The maximum absolute atomic E-state index is 12.2. The maximum Gasteiger partial charge on any atom is 0.262 e. The summed E-state index contributed by atoms with van der Waals surface area (Å²) < 4.78 is 1.71. The predicted octanol–water partition coefficient (Wildman–Crippen LogP) is 4.40. The Morgan fingerprint density at radius 3 is 2.57 bits per heavy atom. The van der Waals surface area contributed by atoms with Gasteiger partial charge < -0.3 is 5.32 Å². The lowest BCUT2D eigenvalue weighted by Crippen LogP contribution is -2.24. The lowest BCUT2D eigenvalue weighted by Gasteiger charge is -2.02. The number of hydrogen-bond donors (Lipinski definition) is 1. The van der Waals surface area contributed by atoms with Crippen molar-refractivity contribution in [1.82, 2.24) is 15.1 Å². The van der Waals surface area contributed by atoms with Gasteiger partial charge in [0.15, 0.2) is 0 Å². The minimum atomic E-state index is -0.461. The SMILES string of the molecule is C=CCNC(=O)/C(C#N)=C\c1cn(-c2ccccc2)nc1-c1ccc(Cl)cc1. The Bertz CT molecular complexity index is 1060. The van der Waals surface area contributed by atoms with Crippen molar-refractivity contribution in [2.45, 2.75) is 0 Å². The number of benzene rings is 2. The summed E-state index contributed by atoms with van der Waals surface area (Å²) in [4.78, 5) is 12.2. The summed E-state index contributed by atoms with van der Waals surface area (Å²) in [5.74, 6) is -0.461. The highest BCUT2D eigenvalue weighted by Crippen LogP contribution is 2.27. The minimum Gasteiger partial charge on any atom is -0.348 e. The normalized spacial score (nSPS) is 10.9. The Kier molecular flexibility index (Phi) is 6.05. The van der Waals surface area contributed by atoms with Gasteiger partial charge in [-0.25, -0.2) is 4.68 Å². The van der Waals surface area contributed by atoms with Crippen molar-refractivity contribution in [3.8, 4) is 23.0 Å². The third-order valence-corrected chi connectivity index (χ3v) is 4.20. The Balaban J connectivity index is 2.10.